The Kier molecular flexibility index (Phi) is 5.57. The van der Waals surface area contributed by atoms with Crippen molar-refractivity contribution >= 4 is 17.7 Å². The lowest BCUT2D eigenvalue weighted by Crippen LogP contribution is -2.35. The molecule has 0 radical (unpaired) electrons. The summed E-state index contributed by atoms with van der Waals surface area (Å²) in [5.74, 6) is 2.03. The van der Waals surface area contributed by atoms with Gasteiger partial charge in [-0.2, -0.15) is 0 Å². The molecule has 0 fully saturated rings. The molecule has 1 atom stereocenters. The monoisotopic (exact) mass is 255 g/mol. The first-order valence-corrected chi connectivity index (χ1v) is 7.63. The number of carbonyl (C=O) groups excluding carboxylic acids is 1. The molecular weight excluding hydrogens is 230 g/mol. The highest BCUT2D eigenvalue weighted by molar-refractivity contribution is 8.00. The van der Waals surface area contributed by atoms with Crippen LogP contribution in [0.3, 0.4) is 0 Å². The Bertz CT molecular complexity index is 309. The van der Waals surface area contributed by atoms with E-state index in [1.165, 1.54) is 12.0 Å². The zero-order valence-electron chi connectivity index (χ0n) is 11.7. The predicted octanol–water partition coefficient (Wildman–Crippen LogP) is 3.68. The molecule has 1 amide bonds. The van der Waals surface area contributed by atoms with Crippen molar-refractivity contribution in [3.8, 4) is 0 Å². The molecule has 0 saturated heterocycles. The molecule has 1 heterocycles. The molecule has 0 saturated carbocycles. The van der Waals surface area contributed by atoms with Gasteiger partial charge in [0.2, 0.25) is 0 Å². The quantitative estimate of drug-likeness (QED) is 0.721. The first-order valence-electron chi connectivity index (χ1n) is 6.59. The van der Waals surface area contributed by atoms with Crippen LogP contribution >= 0.6 is 11.8 Å². The maximum Gasteiger partial charge on any atom is 0.250 e. The zero-order valence-corrected chi connectivity index (χ0v) is 12.6. The van der Waals surface area contributed by atoms with E-state index in [4.69, 9.17) is 0 Å². The Hall–Kier alpha value is -0.440. The van der Waals surface area contributed by atoms with Gasteiger partial charge >= 0.3 is 0 Å². The molecule has 1 aliphatic rings. The second-order valence-electron chi connectivity index (χ2n) is 5.21. The molecule has 0 aromatic heterocycles. The van der Waals surface area contributed by atoms with Gasteiger partial charge in [0.1, 0.15) is 0 Å². The number of hydrogen-bond acceptors (Lipinski definition) is 2. The summed E-state index contributed by atoms with van der Waals surface area (Å²) in [4.78, 5) is 14.2. The molecule has 0 aromatic carbocycles. The average Bonchev–Trinajstić information content (AvgIpc) is 2.48. The van der Waals surface area contributed by atoms with E-state index < -0.39 is 0 Å². The smallest absolute Gasteiger partial charge is 0.250 e. The largest absolute Gasteiger partial charge is 0.323 e. The first kappa shape index (κ1) is 14.6. The molecule has 1 aliphatic heterocycles. The van der Waals surface area contributed by atoms with Crippen molar-refractivity contribution in [3.63, 3.8) is 0 Å². The fraction of sp³-hybridized carbons (Fsp3) is 0.786. The minimum absolute atomic E-state index is 0.247. The zero-order chi connectivity index (χ0) is 13.0. The summed E-state index contributed by atoms with van der Waals surface area (Å²) in [6.07, 6.45) is 2.26. The van der Waals surface area contributed by atoms with Crippen molar-refractivity contribution < 1.29 is 4.79 Å². The lowest BCUT2D eigenvalue weighted by molar-refractivity contribution is -0.126. The molecule has 17 heavy (non-hydrogen) atoms. The molecule has 0 N–H and O–H groups in total. The van der Waals surface area contributed by atoms with Gasteiger partial charge in [0, 0.05) is 12.1 Å². The maximum atomic E-state index is 12.2. The number of rotatable bonds is 6. The summed E-state index contributed by atoms with van der Waals surface area (Å²) >= 11 is 1.91. The van der Waals surface area contributed by atoms with Gasteiger partial charge in [0.05, 0.1) is 5.37 Å². The van der Waals surface area contributed by atoms with E-state index in [0.29, 0.717) is 11.3 Å². The Morgan fingerprint density at radius 1 is 1.35 bits per heavy atom. The second kappa shape index (κ2) is 6.48. The highest BCUT2D eigenvalue weighted by Crippen LogP contribution is 2.33. The van der Waals surface area contributed by atoms with Crippen LogP contribution in [0.15, 0.2) is 11.1 Å². The summed E-state index contributed by atoms with van der Waals surface area (Å²) in [6.45, 7) is 11.6. The Morgan fingerprint density at radius 2 is 2.00 bits per heavy atom. The number of hydrogen-bond donors (Lipinski definition) is 0. The van der Waals surface area contributed by atoms with E-state index in [0.717, 1.165) is 24.3 Å². The summed E-state index contributed by atoms with van der Waals surface area (Å²) < 4.78 is 0. The van der Waals surface area contributed by atoms with Crippen LogP contribution in [-0.2, 0) is 4.79 Å². The Labute approximate surface area is 110 Å². The van der Waals surface area contributed by atoms with Gasteiger partial charge in [-0.3, -0.25) is 4.79 Å². The lowest BCUT2D eigenvalue weighted by atomic mass is 10.1. The van der Waals surface area contributed by atoms with Gasteiger partial charge in [-0.1, -0.05) is 20.8 Å². The van der Waals surface area contributed by atoms with E-state index in [-0.39, 0.29) is 5.91 Å². The number of nitrogens with zero attached hydrogens (tertiary/aromatic N) is 1. The predicted molar refractivity (Wildman–Crippen MR) is 76.1 cm³/mol. The van der Waals surface area contributed by atoms with Gasteiger partial charge < -0.3 is 4.90 Å². The van der Waals surface area contributed by atoms with Crippen LogP contribution in [0.5, 0.6) is 0 Å². The van der Waals surface area contributed by atoms with Crippen LogP contribution in [0.25, 0.3) is 0 Å². The molecule has 0 aromatic rings. The normalized spacial score (nSPS) is 20.9. The summed E-state index contributed by atoms with van der Waals surface area (Å²) in [7, 11) is 0. The highest BCUT2D eigenvalue weighted by atomic mass is 32.2. The fourth-order valence-electron chi connectivity index (χ4n) is 1.97. The van der Waals surface area contributed by atoms with Gasteiger partial charge in [-0.15, -0.1) is 11.8 Å². The topological polar surface area (TPSA) is 20.3 Å². The Morgan fingerprint density at radius 3 is 2.53 bits per heavy atom. The van der Waals surface area contributed by atoms with E-state index in [1.54, 1.807) is 0 Å². The van der Waals surface area contributed by atoms with E-state index in [1.807, 2.05) is 18.7 Å². The SMILES string of the molecule is CCCS[C@@H]1C(C)=C(C)C(=O)N1CCC(C)C. The standard InChI is InChI=1S/C14H25NOS/c1-6-9-17-14-12(5)11(4)13(16)15(14)8-7-10(2)3/h10,14H,6-9H2,1-5H3/t14-/m1/s1. The van der Waals surface area contributed by atoms with Crippen LogP contribution in [0.2, 0.25) is 0 Å². The molecule has 1 rings (SSSR count). The van der Waals surface area contributed by atoms with Crippen LogP contribution in [0.1, 0.15) is 47.5 Å². The molecule has 0 aliphatic carbocycles. The van der Waals surface area contributed by atoms with Crippen molar-refractivity contribution in [1.29, 1.82) is 0 Å². The number of carbonyl (C=O) groups is 1. The minimum atomic E-state index is 0.247. The van der Waals surface area contributed by atoms with Gasteiger partial charge in [0.25, 0.3) is 5.91 Å². The minimum Gasteiger partial charge on any atom is -0.323 e. The van der Waals surface area contributed by atoms with Crippen LogP contribution in [0, 0.1) is 5.92 Å². The van der Waals surface area contributed by atoms with Gasteiger partial charge in [0.15, 0.2) is 0 Å². The third-order valence-corrected chi connectivity index (χ3v) is 4.82. The Balaban J connectivity index is 2.69. The number of thioether (sulfide) groups is 1. The van der Waals surface area contributed by atoms with Crippen LogP contribution in [0.4, 0.5) is 0 Å². The molecule has 3 heteroatoms. The van der Waals surface area contributed by atoms with Crippen molar-refractivity contribution in [2.75, 3.05) is 12.3 Å². The van der Waals surface area contributed by atoms with Crippen molar-refractivity contribution in [2.24, 2.45) is 5.92 Å². The molecule has 0 unspecified atom stereocenters. The number of amides is 1. The van der Waals surface area contributed by atoms with E-state index in [9.17, 15) is 4.79 Å². The molecule has 2 nitrogen and oxygen atoms in total. The molecular formula is C14H25NOS. The van der Waals surface area contributed by atoms with E-state index in [2.05, 4.69) is 32.6 Å². The maximum absolute atomic E-state index is 12.2. The average molecular weight is 255 g/mol. The van der Waals surface area contributed by atoms with E-state index >= 15 is 0 Å². The van der Waals surface area contributed by atoms with Gasteiger partial charge in [-0.25, -0.2) is 0 Å². The second-order valence-corrected chi connectivity index (χ2v) is 6.40. The van der Waals surface area contributed by atoms with Crippen molar-refractivity contribution in [2.45, 2.75) is 52.8 Å². The summed E-state index contributed by atoms with van der Waals surface area (Å²) in [5.41, 5.74) is 2.22. The van der Waals surface area contributed by atoms with Crippen LogP contribution in [-0.4, -0.2) is 28.5 Å². The van der Waals surface area contributed by atoms with Crippen molar-refractivity contribution in [3.05, 3.63) is 11.1 Å². The summed E-state index contributed by atoms with van der Waals surface area (Å²) in [6, 6.07) is 0. The van der Waals surface area contributed by atoms with Crippen LogP contribution < -0.4 is 0 Å². The van der Waals surface area contributed by atoms with Crippen molar-refractivity contribution in [1.82, 2.24) is 4.90 Å². The van der Waals surface area contributed by atoms with Gasteiger partial charge in [-0.05, 0) is 43.9 Å². The summed E-state index contributed by atoms with van der Waals surface area (Å²) in [5, 5.41) is 0.293. The highest BCUT2D eigenvalue weighted by Gasteiger charge is 2.34. The molecule has 98 valence electrons. The lowest BCUT2D eigenvalue weighted by Gasteiger charge is -2.26. The molecule has 0 bridgehead atoms. The third-order valence-electron chi connectivity index (χ3n) is 3.25. The first-order chi connectivity index (χ1) is 7.99. The third kappa shape index (κ3) is 3.51. The molecule has 0 spiro atoms. The fourth-order valence-corrected chi connectivity index (χ4v) is 3.24.